The molecule has 4 nitrogen and oxygen atoms in total. The Labute approximate surface area is 116 Å². The van der Waals surface area contributed by atoms with E-state index in [9.17, 15) is 22.0 Å². The summed E-state index contributed by atoms with van der Waals surface area (Å²) in [6.07, 6.45) is -5.87. The number of hydrogen-bond acceptors (Lipinski definition) is 4. The van der Waals surface area contributed by atoms with Crippen molar-refractivity contribution in [2.24, 2.45) is 0 Å². The molecule has 0 aliphatic carbocycles. The van der Waals surface area contributed by atoms with Gasteiger partial charge in [-0.25, -0.2) is 0 Å². The lowest BCUT2D eigenvalue weighted by Gasteiger charge is -2.20. The van der Waals surface area contributed by atoms with Crippen LogP contribution in [0.2, 0.25) is 0 Å². The van der Waals surface area contributed by atoms with Gasteiger partial charge in [0, 0.05) is 0 Å². The van der Waals surface area contributed by atoms with Gasteiger partial charge in [0.1, 0.15) is 6.61 Å². The average molecular weight is 313 g/mol. The maximum atomic E-state index is 12.8. The van der Waals surface area contributed by atoms with Crippen molar-refractivity contribution in [3.05, 3.63) is 23.8 Å². The Kier molecular flexibility index (Phi) is 4.97. The number of halogens is 5. The van der Waals surface area contributed by atoms with Gasteiger partial charge in [-0.05, 0) is 17.7 Å². The summed E-state index contributed by atoms with van der Waals surface area (Å²) in [7, 11) is 2.72. The second-order valence-electron chi connectivity index (χ2n) is 3.88. The monoisotopic (exact) mass is 313 g/mol. The van der Waals surface area contributed by atoms with Gasteiger partial charge >= 0.3 is 12.1 Å². The van der Waals surface area contributed by atoms with Gasteiger partial charge in [0.15, 0.2) is 11.5 Å². The fraction of sp³-hybridized carbons (Fsp3) is 0.417. The molecule has 118 valence electrons. The standard InChI is InChI=1S/C12H12F5NO3/c1-19-8-4-3-7(5-9(8)20-2)6-21-10(18)11(13,14)12(15,16)17/h3-5,18H,6H2,1-2H3. The molecule has 0 aromatic heterocycles. The second kappa shape index (κ2) is 6.15. The topological polar surface area (TPSA) is 51.5 Å². The highest BCUT2D eigenvalue weighted by molar-refractivity contribution is 5.81. The van der Waals surface area contributed by atoms with Gasteiger partial charge < -0.3 is 14.2 Å². The molecule has 0 heterocycles. The average Bonchev–Trinajstić information content (AvgIpc) is 2.42. The fourth-order valence-electron chi connectivity index (χ4n) is 1.35. The van der Waals surface area contributed by atoms with Crippen molar-refractivity contribution in [2.75, 3.05) is 14.2 Å². The molecule has 1 aromatic rings. The molecule has 0 saturated carbocycles. The summed E-state index contributed by atoms with van der Waals surface area (Å²) in [5, 5.41) is 6.73. The number of benzene rings is 1. The van der Waals surface area contributed by atoms with Crippen molar-refractivity contribution in [1.29, 1.82) is 5.41 Å². The maximum Gasteiger partial charge on any atom is 0.463 e. The van der Waals surface area contributed by atoms with Gasteiger partial charge in [-0.1, -0.05) is 6.07 Å². The Hall–Kier alpha value is -2.06. The Morgan fingerprint density at radius 1 is 1.05 bits per heavy atom. The summed E-state index contributed by atoms with van der Waals surface area (Å²) in [6.45, 7) is -0.634. The van der Waals surface area contributed by atoms with Crippen LogP contribution in [-0.2, 0) is 11.3 Å². The highest BCUT2D eigenvalue weighted by Gasteiger charge is 2.62. The van der Waals surface area contributed by atoms with E-state index in [1.54, 1.807) is 0 Å². The third kappa shape index (κ3) is 3.73. The van der Waals surface area contributed by atoms with Crippen molar-refractivity contribution in [3.8, 4) is 11.5 Å². The van der Waals surface area contributed by atoms with Gasteiger partial charge in [0.2, 0.25) is 0 Å². The van der Waals surface area contributed by atoms with Crippen LogP contribution in [-0.4, -0.2) is 32.2 Å². The number of hydrogen-bond donors (Lipinski definition) is 1. The van der Waals surface area contributed by atoms with Gasteiger partial charge in [-0.2, -0.15) is 22.0 Å². The molecule has 0 atom stereocenters. The maximum absolute atomic E-state index is 12.8. The quantitative estimate of drug-likeness (QED) is 0.515. The molecule has 0 fully saturated rings. The second-order valence-corrected chi connectivity index (χ2v) is 3.88. The first-order valence-corrected chi connectivity index (χ1v) is 5.50. The summed E-state index contributed by atoms with van der Waals surface area (Å²) in [5.41, 5.74) is 0.246. The Morgan fingerprint density at radius 3 is 2.10 bits per heavy atom. The van der Waals surface area contributed by atoms with Crippen molar-refractivity contribution < 1.29 is 36.2 Å². The molecule has 1 N–H and O–H groups in total. The molecular weight excluding hydrogens is 301 g/mol. The zero-order valence-corrected chi connectivity index (χ0v) is 11.1. The van der Waals surface area contributed by atoms with E-state index in [0.29, 0.717) is 5.75 Å². The van der Waals surface area contributed by atoms with Gasteiger partial charge in [0.05, 0.1) is 14.2 Å². The van der Waals surface area contributed by atoms with E-state index in [4.69, 9.17) is 14.9 Å². The van der Waals surface area contributed by atoms with Gasteiger partial charge in [-0.3, -0.25) is 5.41 Å². The summed E-state index contributed by atoms with van der Waals surface area (Å²) in [6, 6.07) is 4.17. The molecule has 0 saturated heterocycles. The lowest BCUT2D eigenvalue weighted by atomic mass is 10.2. The van der Waals surface area contributed by atoms with Crippen LogP contribution in [0.1, 0.15) is 5.56 Å². The molecule has 0 unspecified atom stereocenters. The van der Waals surface area contributed by atoms with Crippen LogP contribution in [0, 0.1) is 5.41 Å². The summed E-state index contributed by atoms with van der Waals surface area (Å²) in [4.78, 5) is 0. The van der Waals surface area contributed by atoms with Crippen molar-refractivity contribution >= 4 is 5.90 Å². The first kappa shape index (κ1) is 17.0. The molecule has 0 bridgehead atoms. The van der Waals surface area contributed by atoms with Crippen molar-refractivity contribution in [2.45, 2.75) is 18.7 Å². The molecular formula is C12H12F5NO3. The number of rotatable bonds is 5. The Balaban J connectivity index is 2.78. The number of nitrogens with one attached hydrogen (secondary N) is 1. The third-order valence-corrected chi connectivity index (χ3v) is 2.47. The largest absolute Gasteiger partial charge is 0.493 e. The van der Waals surface area contributed by atoms with Crippen LogP contribution < -0.4 is 9.47 Å². The lowest BCUT2D eigenvalue weighted by molar-refractivity contribution is -0.255. The molecule has 1 aromatic carbocycles. The van der Waals surface area contributed by atoms with Crippen LogP contribution >= 0.6 is 0 Å². The first-order valence-electron chi connectivity index (χ1n) is 5.50. The first-order chi connectivity index (χ1) is 9.63. The van der Waals surface area contributed by atoms with Crippen molar-refractivity contribution in [3.63, 3.8) is 0 Å². The van der Waals surface area contributed by atoms with E-state index in [2.05, 4.69) is 4.74 Å². The zero-order valence-electron chi connectivity index (χ0n) is 11.1. The minimum atomic E-state index is -5.87. The van der Waals surface area contributed by atoms with Gasteiger partial charge in [-0.15, -0.1) is 0 Å². The minimum Gasteiger partial charge on any atom is -0.493 e. The van der Waals surface area contributed by atoms with E-state index >= 15 is 0 Å². The third-order valence-electron chi connectivity index (χ3n) is 2.47. The van der Waals surface area contributed by atoms with Crippen LogP contribution in [0.4, 0.5) is 22.0 Å². The molecule has 1 rings (SSSR count). The predicted molar refractivity (Wildman–Crippen MR) is 63.1 cm³/mol. The van der Waals surface area contributed by atoms with Crippen LogP contribution in [0.25, 0.3) is 0 Å². The smallest absolute Gasteiger partial charge is 0.463 e. The molecule has 0 aliphatic rings. The number of alkyl halides is 5. The van der Waals surface area contributed by atoms with E-state index in [1.165, 1.54) is 32.4 Å². The Bertz CT molecular complexity index is 516. The molecule has 0 amide bonds. The lowest BCUT2D eigenvalue weighted by Crippen LogP contribution is -2.44. The minimum absolute atomic E-state index is 0.246. The molecule has 0 radical (unpaired) electrons. The van der Waals surface area contributed by atoms with E-state index in [1.807, 2.05) is 0 Å². The highest BCUT2D eigenvalue weighted by atomic mass is 19.4. The zero-order chi connectivity index (χ0) is 16.3. The number of ether oxygens (including phenoxy) is 3. The fourth-order valence-corrected chi connectivity index (χ4v) is 1.35. The normalized spacial score (nSPS) is 12.0. The SMILES string of the molecule is COc1ccc(COC(=N)C(F)(F)C(F)(F)F)cc1OC. The van der Waals surface area contributed by atoms with Crippen LogP contribution in [0.5, 0.6) is 11.5 Å². The Morgan fingerprint density at radius 2 is 1.62 bits per heavy atom. The van der Waals surface area contributed by atoms with E-state index in [-0.39, 0.29) is 11.3 Å². The molecule has 9 heteroatoms. The van der Waals surface area contributed by atoms with Crippen LogP contribution in [0.15, 0.2) is 18.2 Å². The molecule has 0 aliphatic heterocycles. The van der Waals surface area contributed by atoms with Crippen LogP contribution in [0.3, 0.4) is 0 Å². The summed E-state index contributed by atoms with van der Waals surface area (Å²) >= 11 is 0. The number of methoxy groups -OCH3 is 2. The summed E-state index contributed by atoms with van der Waals surface area (Å²) < 4.78 is 75.7. The molecule has 21 heavy (non-hydrogen) atoms. The van der Waals surface area contributed by atoms with E-state index < -0.39 is 24.6 Å². The molecule has 0 spiro atoms. The predicted octanol–water partition coefficient (Wildman–Crippen LogP) is 3.40. The summed E-state index contributed by atoms with van der Waals surface area (Å²) in [5.74, 6) is -6.88. The highest BCUT2D eigenvalue weighted by Crippen LogP contribution is 2.36. The van der Waals surface area contributed by atoms with E-state index in [0.717, 1.165) is 0 Å². The van der Waals surface area contributed by atoms with Gasteiger partial charge in [0.25, 0.3) is 5.90 Å². The van der Waals surface area contributed by atoms with Crippen molar-refractivity contribution in [1.82, 2.24) is 0 Å².